The van der Waals surface area contributed by atoms with Gasteiger partial charge in [-0.3, -0.25) is 14.9 Å². The Balaban J connectivity index is 1.67. The highest BCUT2D eigenvalue weighted by Gasteiger charge is 2.21. The summed E-state index contributed by atoms with van der Waals surface area (Å²) in [6.45, 7) is 1.54. The van der Waals surface area contributed by atoms with Crippen LogP contribution in [0, 0.1) is 17.0 Å². The SMILES string of the molecule is Cc1cc(=O)c(C(=O)OCc2cccc3ccccc23)nn1-c1ccccc1[N+](=O)[O-]. The van der Waals surface area contributed by atoms with Gasteiger partial charge in [0.15, 0.2) is 0 Å². The second kappa shape index (κ2) is 8.19. The van der Waals surface area contributed by atoms with Crippen molar-refractivity contribution in [3.63, 3.8) is 0 Å². The van der Waals surface area contributed by atoms with Crippen LogP contribution in [0.4, 0.5) is 5.69 Å². The summed E-state index contributed by atoms with van der Waals surface area (Å²) in [5.41, 5.74) is 0.0339. The van der Waals surface area contributed by atoms with Gasteiger partial charge in [0.05, 0.1) is 4.92 Å². The highest BCUT2D eigenvalue weighted by atomic mass is 16.6. The number of para-hydroxylation sites is 2. The fraction of sp³-hybridized carbons (Fsp3) is 0.0870. The monoisotopic (exact) mass is 415 g/mol. The molecule has 0 bridgehead atoms. The van der Waals surface area contributed by atoms with E-state index in [-0.39, 0.29) is 18.0 Å². The van der Waals surface area contributed by atoms with E-state index in [0.29, 0.717) is 5.69 Å². The second-order valence-corrected chi connectivity index (χ2v) is 6.87. The van der Waals surface area contributed by atoms with Crippen LogP contribution in [0.2, 0.25) is 0 Å². The average Bonchev–Trinajstić information content (AvgIpc) is 2.77. The number of nitro groups is 1. The lowest BCUT2D eigenvalue weighted by Gasteiger charge is -2.12. The predicted molar refractivity (Wildman–Crippen MR) is 114 cm³/mol. The van der Waals surface area contributed by atoms with Gasteiger partial charge in [-0.05, 0) is 29.3 Å². The number of hydrogen-bond donors (Lipinski definition) is 0. The van der Waals surface area contributed by atoms with Crippen molar-refractivity contribution in [3.05, 3.63) is 110 Å². The number of benzene rings is 3. The van der Waals surface area contributed by atoms with Crippen LogP contribution >= 0.6 is 0 Å². The van der Waals surface area contributed by atoms with Crippen LogP contribution in [0.3, 0.4) is 0 Å². The number of nitrogens with zero attached hydrogens (tertiary/aromatic N) is 3. The minimum atomic E-state index is -0.898. The minimum absolute atomic E-state index is 0.0410. The van der Waals surface area contributed by atoms with Crippen molar-refractivity contribution in [2.24, 2.45) is 0 Å². The van der Waals surface area contributed by atoms with Gasteiger partial charge in [0, 0.05) is 17.8 Å². The molecule has 0 amide bonds. The number of aromatic nitrogens is 2. The van der Waals surface area contributed by atoms with E-state index in [1.165, 1.54) is 28.9 Å². The minimum Gasteiger partial charge on any atom is -0.456 e. The molecule has 0 atom stereocenters. The molecule has 0 aliphatic carbocycles. The Morgan fingerprint density at radius 1 is 1.06 bits per heavy atom. The first-order chi connectivity index (χ1) is 15.0. The zero-order valence-electron chi connectivity index (χ0n) is 16.5. The van der Waals surface area contributed by atoms with E-state index in [0.717, 1.165) is 16.3 Å². The topological polar surface area (TPSA) is 104 Å². The van der Waals surface area contributed by atoms with Gasteiger partial charge in [0.2, 0.25) is 11.1 Å². The molecule has 0 aliphatic rings. The van der Waals surface area contributed by atoms with Crippen LogP contribution in [0.5, 0.6) is 0 Å². The maximum atomic E-state index is 12.7. The molecule has 0 unspecified atom stereocenters. The van der Waals surface area contributed by atoms with Gasteiger partial charge < -0.3 is 4.74 Å². The van der Waals surface area contributed by atoms with E-state index < -0.39 is 22.0 Å². The molecule has 154 valence electrons. The summed E-state index contributed by atoms with van der Waals surface area (Å²) in [4.78, 5) is 35.9. The molecule has 4 rings (SSSR count). The molecule has 0 radical (unpaired) electrons. The summed E-state index contributed by atoms with van der Waals surface area (Å²) < 4.78 is 6.57. The Kier molecular flexibility index (Phi) is 5.28. The number of rotatable bonds is 5. The summed E-state index contributed by atoms with van der Waals surface area (Å²) in [5, 5.41) is 17.4. The van der Waals surface area contributed by atoms with E-state index >= 15 is 0 Å². The molecule has 4 aromatic rings. The third kappa shape index (κ3) is 3.91. The maximum Gasteiger partial charge on any atom is 0.363 e. The summed E-state index contributed by atoms with van der Waals surface area (Å²) in [6, 6.07) is 20.5. The van der Waals surface area contributed by atoms with Gasteiger partial charge in [-0.1, -0.05) is 54.6 Å². The summed E-state index contributed by atoms with van der Waals surface area (Å²) in [7, 11) is 0. The Labute approximate surface area is 176 Å². The average molecular weight is 415 g/mol. The molecule has 0 spiro atoms. The Bertz CT molecular complexity index is 1370. The molecular weight excluding hydrogens is 398 g/mol. The van der Waals surface area contributed by atoms with Crippen LogP contribution in [-0.4, -0.2) is 20.7 Å². The zero-order valence-corrected chi connectivity index (χ0v) is 16.5. The highest BCUT2D eigenvalue weighted by Crippen LogP contribution is 2.23. The molecule has 3 aromatic carbocycles. The third-order valence-electron chi connectivity index (χ3n) is 4.85. The van der Waals surface area contributed by atoms with Crippen LogP contribution in [-0.2, 0) is 11.3 Å². The fourth-order valence-electron chi connectivity index (χ4n) is 3.36. The molecule has 8 heteroatoms. The lowest BCUT2D eigenvalue weighted by Crippen LogP contribution is -2.24. The Hall–Kier alpha value is -4.33. The maximum absolute atomic E-state index is 12.7. The molecular formula is C23H17N3O5. The molecule has 1 aromatic heterocycles. The van der Waals surface area contributed by atoms with Gasteiger partial charge in [-0.2, -0.15) is 5.10 Å². The van der Waals surface area contributed by atoms with Gasteiger partial charge in [0.1, 0.15) is 12.3 Å². The Morgan fingerprint density at radius 3 is 2.58 bits per heavy atom. The third-order valence-corrected chi connectivity index (χ3v) is 4.85. The van der Waals surface area contributed by atoms with Gasteiger partial charge in [-0.15, -0.1) is 0 Å². The molecule has 31 heavy (non-hydrogen) atoms. The summed E-state index contributed by atoms with van der Waals surface area (Å²) in [5.74, 6) is -0.898. The van der Waals surface area contributed by atoms with Crippen molar-refractivity contribution >= 4 is 22.4 Å². The quantitative estimate of drug-likeness (QED) is 0.278. The van der Waals surface area contributed by atoms with Crippen LogP contribution in [0.1, 0.15) is 21.7 Å². The van der Waals surface area contributed by atoms with Crippen molar-refractivity contribution in [2.75, 3.05) is 0 Å². The summed E-state index contributed by atoms with van der Waals surface area (Å²) in [6.07, 6.45) is 0. The number of nitro benzene ring substituents is 1. The predicted octanol–water partition coefficient (Wildman–Crippen LogP) is 3.96. The number of esters is 1. The normalized spacial score (nSPS) is 10.7. The van der Waals surface area contributed by atoms with Crippen molar-refractivity contribution in [1.82, 2.24) is 9.78 Å². The first-order valence-corrected chi connectivity index (χ1v) is 9.44. The number of aryl methyl sites for hydroxylation is 1. The smallest absolute Gasteiger partial charge is 0.363 e. The van der Waals surface area contributed by atoms with Crippen molar-refractivity contribution in [3.8, 4) is 5.69 Å². The van der Waals surface area contributed by atoms with Gasteiger partial charge >= 0.3 is 5.97 Å². The highest BCUT2D eigenvalue weighted by molar-refractivity contribution is 5.88. The molecule has 0 fully saturated rings. The first-order valence-electron chi connectivity index (χ1n) is 9.44. The standard InChI is InChI=1S/C23H17N3O5/c1-15-13-21(27)22(24-25(15)19-11-4-5-12-20(19)26(29)30)23(28)31-14-17-9-6-8-16-7-2-3-10-18(16)17/h2-13H,14H2,1H3. The van der Waals surface area contributed by atoms with Crippen molar-refractivity contribution in [2.45, 2.75) is 13.5 Å². The van der Waals surface area contributed by atoms with E-state index in [1.54, 1.807) is 13.0 Å². The molecule has 8 nitrogen and oxygen atoms in total. The van der Waals surface area contributed by atoms with Crippen molar-refractivity contribution in [1.29, 1.82) is 0 Å². The van der Waals surface area contributed by atoms with E-state index in [4.69, 9.17) is 4.74 Å². The molecule has 0 saturated carbocycles. The van der Waals surface area contributed by atoms with Crippen molar-refractivity contribution < 1.29 is 14.5 Å². The number of ether oxygens (including phenoxy) is 1. The molecule has 1 heterocycles. The zero-order chi connectivity index (χ0) is 22.0. The second-order valence-electron chi connectivity index (χ2n) is 6.87. The van der Waals surface area contributed by atoms with Crippen LogP contribution < -0.4 is 5.43 Å². The lowest BCUT2D eigenvalue weighted by molar-refractivity contribution is -0.384. The van der Waals surface area contributed by atoms with Crippen LogP contribution in [0.25, 0.3) is 16.5 Å². The molecule has 0 aliphatic heterocycles. The number of carbonyl (C=O) groups excluding carboxylic acids is 1. The first kappa shape index (κ1) is 20.0. The number of hydrogen-bond acceptors (Lipinski definition) is 6. The van der Waals surface area contributed by atoms with Gasteiger partial charge in [-0.25, -0.2) is 9.48 Å². The van der Waals surface area contributed by atoms with Gasteiger partial charge in [0.25, 0.3) is 5.69 Å². The molecule has 0 N–H and O–H groups in total. The largest absolute Gasteiger partial charge is 0.456 e. The van der Waals surface area contributed by atoms with E-state index in [1.807, 2.05) is 42.5 Å². The number of fused-ring (bicyclic) bond motifs is 1. The van der Waals surface area contributed by atoms with Crippen LogP contribution in [0.15, 0.2) is 77.6 Å². The van der Waals surface area contributed by atoms with E-state index in [2.05, 4.69) is 5.10 Å². The lowest BCUT2D eigenvalue weighted by atomic mass is 10.1. The number of carbonyl (C=O) groups is 1. The Morgan fingerprint density at radius 2 is 1.77 bits per heavy atom. The fourth-order valence-corrected chi connectivity index (χ4v) is 3.36. The summed E-state index contributed by atoms with van der Waals surface area (Å²) >= 11 is 0. The van der Waals surface area contributed by atoms with E-state index in [9.17, 15) is 19.7 Å². The molecule has 0 saturated heterocycles.